The van der Waals surface area contributed by atoms with Gasteiger partial charge in [0.1, 0.15) is 0 Å². The second-order valence-corrected chi connectivity index (χ2v) is 6.39. The first-order chi connectivity index (χ1) is 8.51. The minimum absolute atomic E-state index is 0.0300. The number of carbonyl (C=O) groups is 1. The second-order valence-electron chi connectivity index (χ2n) is 4.79. The van der Waals surface area contributed by atoms with Crippen LogP contribution in [0.4, 0.5) is 5.69 Å². The maximum absolute atomic E-state index is 12.3. The summed E-state index contributed by atoms with van der Waals surface area (Å²) >= 11 is 8.08. The highest BCUT2D eigenvalue weighted by atomic mass is 127. The van der Waals surface area contributed by atoms with E-state index in [1.54, 1.807) is 6.07 Å². The van der Waals surface area contributed by atoms with Gasteiger partial charge in [-0.15, -0.1) is 0 Å². The summed E-state index contributed by atoms with van der Waals surface area (Å²) < 4.78 is 0.952. The molecule has 1 amide bonds. The van der Waals surface area contributed by atoms with E-state index in [4.69, 9.17) is 11.6 Å². The van der Waals surface area contributed by atoms with Crippen LogP contribution in [0, 0.1) is 3.57 Å². The van der Waals surface area contributed by atoms with Crippen molar-refractivity contribution in [3.05, 3.63) is 26.8 Å². The van der Waals surface area contributed by atoms with Crippen molar-refractivity contribution in [2.45, 2.75) is 31.7 Å². The summed E-state index contributed by atoms with van der Waals surface area (Å²) in [7, 11) is 0. The molecule has 2 N–H and O–H groups in total. The third kappa shape index (κ3) is 3.16. The van der Waals surface area contributed by atoms with Crippen LogP contribution >= 0.6 is 34.2 Å². The van der Waals surface area contributed by atoms with Gasteiger partial charge in [0, 0.05) is 8.59 Å². The van der Waals surface area contributed by atoms with Gasteiger partial charge in [-0.1, -0.05) is 11.6 Å². The Hall–Kier alpha value is -0.330. The third-order valence-corrected chi connectivity index (χ3v) is 4.43. The van der Waals surface area contributed by atoms with Gasteiger partial charge in [-0.3, -0.25) is 4.79 Å². The lowest BCUT2D eigenvalue weighted by Crippen LogP contribution is -2.54. The number of amides is 1. The first-order valence-electron chi connectivity index (χ1n) is 6.03. The van der Waals surface area contributed by atoms with Gasteiger partial charge in [-0.05, 0) is 73.5 Å². The number of hydrogen-bond donors (Lipinski definition) is 2. The molecule has 1 aromatic carbocycles. The summed E-state index contributed by atoms with van der Waals surface area (Å²) in [6.07, 6.45) is 3.11. The van der Waals surface area contributed by atoms with Crippen LogP contribution in [-0.2, 0) is 4.79 Å². The van der Waals surface area contributed by atoms with Crippen molar-refractivity contribution in [2.24, 2.45) is 0 Å². The molecule has 0 aromatic heterocycles. The maximum atomic E-state index is 12.3. The molecule has 0 bridgehead atoms. The van der Waals surface area contributed by atoms with E-state index in [0.717, 1.165) is 35.1 Å². The monoisotopic (exact) mass is 378 g/mol. The van der Waals surface area contributed by atoms with Crippen LogP contribution in [-0.4, -0.2) is 18.0 Å². The second kappa shape index (κ2) is 5.75. The molecule has 3 nitrogen and oxygen atoms in total. The Kier molecular flexibility index (Phi) is 4.50. The third-order valence-electron chi connectivity index (χ3n) is 3.30. The molecule has 1 saturated heterocycles. The molecule has 5 heteroatoms. The SMILES string of the molecule is CC1(C(=O)Nc2ccc(Cl)cc2I)CCCCN1. The van der Waals surface area contributed by atoms with Crippen LogP contribution < -0.4 is 10.6 Å². The Bertz CT molecular complexity index is 458. The quantitative estimate of drug-likeness (QED) is 0.774. The van der Waals surface area contributed by atoms with E-state index in [-0.39, 0.29) is 5.91 Å². The smallest absolute Gasteiger partial charge is 0.244 e. The molecular weight excluding hydrogens is 363 g/mol. The zero-order valence-electron chi connectivity index (χ0n) is 10.2. The van der Waals surface area contributed by atoms with Crippen molar-refractivity contribution in [2.75, 3.05) is 11.9 Å². The molecule has 0 radical (unpaired) electrons. The highest BCUT2D eigenvalue weighted by molar-refractivity contribution is 14.1. The van der Waals surface area contributed by atoms with E-state index >= 15 is 0 Å². The molecule has 0 aliphatic carbocycles. The Morgan fingerprint density at radius 1 is 1.50 bits per heavy atom. The Labute approximate surface area is 126 Å². The van der Waals surface area contributed by atoms with E-state index in [1.165, 1.54) is 0 Å². The van der Waals surface area contributed by atoms with Crippen LogP contribution in [0.3, 0.4) is 0 Å². The van der Waals surface area contributed by atoms with Gasteiger partial charge in [-0.25, -0.2) is 0 Å². The predicted octanol–water partition coefficient (Wildman–Crippen LogP) is 3.42. The lowest BCUT2D eigenvalue weighted by molar-refractivity contribution is -0.122. The van der Waals surface area contributed by atoms with Crippen LogP contribution in [0.15, 0.2) is 18.2 Å². The first-order valence-corrected chi connectivity index (χ1v) is 7.48. The molecule has 18 heavy (non-hydrogen) atoms. The topological polar surface area (TPSA) is 41.1 Å². The van der Waals surface area contributed by atoms with Crippen molar-refractivity contribution < 1.29 is 4.79 Å². The molecule has 1 aliphatic heterocycles. The molecule has 0 spiro atoms. The number of benzene rings is 1. The van der Waals surface area contributed by atoms with Gasteiger partial charge in [0.25, 0.3) is 0 Å². The number of piperidine rings is 1. The Morgan fingerprint density at radius 2 is 2.28 bits per heavy atom. The Balaban J connectivity index is 2.11. The average molecular weight is 379 g/mol. The van der Waals surface area contributed by atoms with Gasteiger partial charge in [0.15, 0.2) is 0 Å². The fourth-order valence-corrected chi connectivity index (χ4v) is 3.11. The van der Waals surface area contributed by atoms with Crippen molar-refractivity contribution in [1.82, 2.24) is 5.32 Å². The molecule has 1 fully saturated rings. The molecule has 2 rings (SSSR count). The number of hydrogen-bond acceptors (Lipinski definition) is 2. The predicted molar refractivity (Wildman–Crippen MR) is 83.1 cm³/mol. The number of rotatable bonds is 2. The zero-order chi connectivity index (χ0) is 13.2. The van der Waals surface area contributed by atoms with E-state index in [9.17, 15) is 4.79 Å². The van der Waals surface area contributed by atoms with E-state index in [0.29, 0.717) is 5.02 Å². The van der Waals surface area contributed by atoms with Crippen LogP contribution in [0.1, 0.15) is 26.2 Å². The van der Waals surface area contributed by atoms with Gasteiger partial charge < -0.3 is 10.6 Å². The zero-order valence-corrected chi connectivity index (χ0v) is 13.1. The average Bonchev–Trinajstić information content (AvgIpc) is 2.33. The summed E-state index contributed by atoms with van der Waals surface area (Å²) in [6.45, 7) is 2.87. The molecule has 98 valence electrons. The fourth-order valence-electron chi connectivity index (χ4n) is 2.10. The summed E-state index contributed by atoms with van der Waals surface area (Å²) in [6, 6.07) is 5.47. The highest BCUT2D eigenvalue weighted by Gasteiger charge is 2.34. The molecule has 1 aliphatic rings. The lowest BCUT2D eigenvalue weighted by Gasteiger charge is -2.33. The normalized spacial score (nSPS) is 23.7. The van der Waals surface area contributed by atoms with Gasteiger partial charge >= 0.3 is 0 Å². The van der Waals surface area contributed by atoms with Crippen molar-refractivity contribution in [3.63, 3.8) is 0 Å². The minimum Gasteiger partial charge on any atom is -0.324 e. The lowest BCUT2D eigenvalue weighted by atomic mass is 9.90. The van der Waals surface area contributed by atoms with Crippen LogP contribution in [0.25, 0.3) is 0 Å². The van der Waals surface area contributed by atoms with E-state index in [2.05, 4.69) is 33.2 Å². The van der Waals surface area contributed by atoms with Crippen LogP contribution in [0.2, 0.25) is 5.02 Å². The molecule has 1 atom stereocenters. The molecule has 1 heterocycles. The fraction of sp³-hybridized carbons (Fsp3) is 0.462. The number of halogens is 2. The van der Waals surface area contributed by atoms with Crippen LogP contribution in [0.5, 0.6) is 0 Å². The minimum atomic E-state index is -0.457. The number of anilines is 1. The highest BCUT2D eigenvalue weighted by Crippen LogP contribution is 2.25. The van der Waals surface area contributed by atoms with Crippen molar-refractivity contribution >= 4 is 45.8 Å². The van der Waals surface area contributed by atoms with Gasteiger partial charge in [0.05, 0.1) is 11.2 Å². The van der Waals surface area contributed by atoms with E-state index < -0.39 is 5.54 Å². The van der Waals surface area contributed by atoms with Crippen molar-refractivity contribution in [3.8, 4) is 0 Å². The van der Waals surface area contributed by atoms with Gasteiger partial charge in [-0.2, -0.15) is 0 Å². The summed E-state index contributed by atoms with van der Waals surface area (Å²) in [5.41, 5.74) is 0.361. The molecule has 1 aromatic rings. The molecule has 1 unspecified atom stereocenters. The Morgan fingerprint density at radius 3 is 2.89 bits per heavy atom. The van der Waals surface area contributed by atoms with E-state index in [1.807, 2.05) is 19.1 Å². The number of nitrogens with one attached hydrogen (secondary N) is 2. The summed E-state index contributed by atoms with van der Waals surface area (Å²) in [5, 5.41) is 6.97. The largest absolute Gasteiger partial charge is 0.324 e. The number of carbonyl (C=O) groups excluding carboxylic acids is 1. The standard InChI is InChI=1S/C13H16ClIN2O/c1-13(6-2-3-7-16-13)12(18)17-11-5-4-9(14)8-10(11)15/h4-5,8,16H,2-3,6-7H2,1H3,(H,17,18). The molecular formula is C13H16ClIN2O. The van der Waals surface area contributed by atoms with Gasteiger partial charge in [0.2, 0.25) is 5.91 Å². The molecule has 0 saturated carbocycles. The summed E-state index contributed by atoms with van der Waals surface area (Å²) in [5.74, 6) is 0.0300. The first kappa shape index (κ1) is 14.1. The summed E-state index contributed by atoms with van der Waals surface area (Å²) in [4.78, 5) is 12.3. The van der Waals surface area contributed by atoms with Crippen molar-refractivity contribution in [1.29, 1.82) is 0 Å². The maximum Gasteiger partial charge on any atom is 0.244 e.